The number of carbonyl (C=O) groups is 1. The zero-order valence-electron chi connectivity index (χ0n) is 11.7. The van der Waals surface area contributed by atoms with Gasteiger partial charge < -0.3 is 5.32 Å². The van der Waals surface area contributed by atoms with Crippen LogP contribution in [0.15, 0.2) is 36.7 Å². The SMILES string of the molecule is Cc1cnn(CCCNC(=O)c2ccc([N+](=O)[O-])cc2)c1. The molecule has 0 aliphatic heterocycles. The number of aryl methyl sites for hydroxylation is 2. The van der Waals surface area contributed by atoms with Crippen molar-refractivity contribution in [3.63, 3.8) is 0 Å². The summed E-state index contributed by atoms with van der Waals surface area (Å²) in [7, 11) is 0. The molecule has 0 atom stereocenters. The number of nitrogens with one attached hydrogen (secondary N) is 1. The molecule has 0 saturated carbocycles. The molecular weight excluding hydrogens is 272 g/mol. The van der Waals surface area contributed by atoms with E-state index in [0.717, 1.165) is 18.5 Å². The van der Waals surface area contributed by atoms with Crippen LogP contribution in [0.5, 0.6) is 0 Å². The summed E-state index contributed by atoms with van der Waals surface area (Å²) in [5.74, 6) is -0.235. The van der Waals surface area contributed by atoms with Crippen molar-refractivity contribution in [1.29, 1.82) is 0 Å². The van der Waals surface area contributed by atoms with Crippen molar-refractivity contribution in [3.8, 4) is 0 Å². The predicted molar refractivity (Wildman–Crippen MR) is 77.0 cm³/mol. The average molecular weight is 288 g/mol. The first kappa shape index (κ1) is 14.7. The minimum Gasteiger partial charge on any atom is -0.352 e. The highest BCUT2D eigenvalue weighted by molar-refractivity contribution is 5.94. The third-order valence-electron chi connectivity index (χ3n) is 2.95. The van der Waals surface area contributed by atoms with E-state index in [1.54, 1.807) is 6.20 Å². The van der Waals surface area contributed by atoms with Gasteiger partial charge in [-0.1, -0.05) is 0 Å². The molecule has 21 heavy (non-hydrogen) atoms. The van der Waals surface area contributed by atoms with E-state index in [9.17, 15) is 14.9 Å². The molecule has 0 saturated heterocycles. The third-order valence-corrected chi connectivity index (χ3v) is 2.95. The Hall–Kier alpha value is -2.70. The largest absolute Gasteiger partial charge is 0.352 e. The minimum atomic E-state index is -0.492. The number of non-ortho nitro benzene ring substituents is 1. The predicted octanol–water partition coefficient (Wildman–Crippen LogP) is 1.92. The quantitative estimate of drug-likeness (QED) is 0.499. The lowest BCUT2D eigenvalue weighted by Gasteiger charge is -2.05. The Morgan fingerprint density at radius 1 is 1.38 bits per heavy atom. The van der Waals surface area contributed by atoms with Crippen LogP contribution in [0.4, 0.5) is 5.69 Å². The second-order valence-corrected chi connectivity index (χ2v) is 4.69. The van der Waals surface area contributed by atoms with E-state index in [-0.39, 0.29) is 11.6 Å². The van der Waals surface area contributed by atoms with Gasteiger partial charge in [-0.25, -0.2) is 0 Å². The van der Waals surface area contributed by atoms with Crippen molar-refractivity contribution in [2.45, 2.75) is 19.9 Å². The van der Waals surface area contributed by atoms with Gasteiger partial charge >= 0.3 is 0 Å². The minimum absolute atomic E-state index is 0.0272. The van der Waals surface area contributed by atoms with Gasteiger partial charge in [0.1, 0.15) is 0 Å². The molecule has 0 spiro atoms. The highest BCUT2D eigenvalue weighted by atomic mass is 16.6. The van der Waals surface area contributed by atoms with Crippen LogP contribution >= 0.6 is 0 Å². The zero-order chi connectivity index (χ0) is 15.2. The Balaban J connectivity index is 1.77. The fourth-order valence-electron chi connectivity index (χ4n) is 1.87. The standard InChI is InChI=1S/C14H16N4O3/c1-11-9-16-17(10-11)8-2-7-15-14(19)12-3-5-13(6-4-12)18(20)21/h3-6,9-10H,2,7-8H2,1H3,(H,15,19). The second-order valence-electron chi connectivity index (χ2n) is 4.69. The van der Waals surface area contributed by atoms with Crippen LogP contribution in [-0.2, 0) is 6.54 Å². The van der Waals surface area contributed by atoms with Crippen LogP contribution in [0.2, 0.25) is 0 Å². The number of aromatic nitrogens is 2. The van der Waals surface area contributed by atoms with E-state index >= 15 is 0 Å². The van der Waals surface area contributed by atoms with E-state index in [0.29, 0.717) is 12.1 Å². The molecule has 1 aromatic heterocycles. The van der Waals surface area contributed by atoms with Crippen LogP contribution in [0.1, 0.15) is 22.3 Å². The Bertz CT molecular complexity index is 634. The lowest BCUT2D eigenvalue weighted by molar-refractivity contribution is -0.384. The molecule has 2 rings (SSSR count). The van der Waals surface area contributed by atoms with Crippen molar-refractivity contribution in [3.05, 3.63) is 57.9 Å². The van der Waals surface area contributed by atoms with Crippen LogP contribution in [0.25, 0.3) is 0 Å². The summed E-state index contributed by atoms with van der Waals surface area (Å²) < 4.78 is 1.83. The Labute approximate surface area is 121 Å². The molecule has 1 heterocycles. The summed E-state index contributed by atoms with van der Waals surface area (Å²) in [6.07, 6.45) is 4.49. The van der Waals surface area contributed by atoms with Crippen molar-refractivity contribution < 1.29 is 9.72 Å². The van der Waals surface area contributed by atoms with Gasteiger partial charge in [-0.2, -0.15) is 5.10 Å². The summed E-state index contributed by atoms with van der Waals surface area (Å²) in [6.45, 7) is 3.23. The Morgan fingerprint density at radius 3 is 2.67 bits per heavy atom. The molecule has 7 heteroatoms. The van der Waals surface area contributed by atoms with Crippen LogP contribution < -0.4 is 5.32 Å². The summed E-state index contributed by atoms with van der Waals surface area (Å²) in [6, 6.07) is 5.54. The molecule has 0 aliphatic carbocycles. The molecule has 1 amide bonds. The maximum Gasteiger partial charge on any atom is 0.269 e. The fourth-order valence-corrected chi connectivity index (χ4v) is 1.87. The number of rotatable bonds is 6. The Kier molecular flexibility index (Phi) is 4.65. The summed E-state index contributed by atoms with van der Waals surface area (Å²) in [5.41, 5.74) is 1.49. The van der Waals surface area contributed by atoms with E-state index in [4.69, 9.17) is 0 Å². The molecule has 1 aromatic carbocycles. The van der Waals surface area contributed by atoms with Crippen molar-refractivity contribution in [2.75, 3.05) is 6.54 Å². The molecule has 0 fully saturated rings. The van der Waals surface area contributed by atoms with Gasteiger partial charge in [-0.3, -0.25) is 19.6 Å². The van der Waals surface area contributed by atoms with Gasteiger partial charge in [0, 0.05) is 37.0 Å². The molecule has 1 N–H and O–H groups in total. The maximum absolute atomic E-state index is 11.8. The molecule has 2 aromatic rings. The number of hydrogen-bond donors (Lipinski definition) is 1. The monoisotopic (exact) mass is 288 g/mol. The smallest absolute Gasteiger partial charge is 0.269 e. The number of nitrogens with zero attached hydrogens (tertiary/aromatic N) is 3. The van der Waals surface area contributed by atoms with E-state index in [1.165, 1.54) is 24.3 Å². The topological polar surface area (TPSA) is 90.1 Å². The third kappa shape index (κ3) is 4.13. The van der Waals surface area contributed by atoms with Gasteiger partial charge in [0.25, 0.3) is 11.6 Å². The van der Waals surface area contributed by atoms with Crippen molar-refractivity contribution in [2.24, 2.45) is 0 Å². The average Bonchev–Trinajstić information content (AvgIpc) is 2.89. The first-order valence-corrected chi connectivity index (χ1v) is 6.58. The van der Waals surface area contributed by atoms with Gasteiger partial charge in [0.2, 0.25) is 0 Å². The Morgan fingerprint density at radius 2 is 2.10 bits per heavy atom. The normalized spacial score (nSPS) is 10.3. The molecule has 0 unspecified atom stereocenters. The number of amides is 1. The van der Waals surface area contributed by atoms with Crippen LogP contribution in [-0.4, -0.2) is 27.2 Å². The number of benzene rings is 1. The van der Waals surface area contributed by atoms with E-state index < -0.39 is 4.92 Å². The van der Waals surface area contributed by atoms with E-state index in [1.807, 2.05) is 17.8 Å². The van der Waals surface area contributed by atoms with Gasteiger partial charge in [-0.05, 0) is 31.0 Å². The lowest BCUT2D eigenvalue weighted by Crippen LogP contribution is -2.25. The molecule has 110 valence electrons. The number of hydrogen-bond acceptors (Lipinski definition) is 4. The summed E-state index contributed by atoms with van der Waals surface area (Å²) in [5, 5.41) is 17.5. The van der Waals surface area contributed by atoms with E-state index in [2.05, 4.69) is 10.4 Å². The summed E-state index contributed by atoms with van der Waals surface area (Å²) in [4.78, 5) is 21.9. The highest BCUT2D eigenvalue weighted by Crippen LogP contribution is 2.11. The molecule has 7 nitrogen and oxygen atoms in total. The fraction of sp³-hybridized carbons (Fsp3) is 0.286. The first-order chi connectivity index (χ1) is 10.1. The number of nitro groups is 1. The zero-order valence-corrected chi connectivity index (χ0v) is 11.7. The summed E-state index contributed by atoms with van der Waals surface area (Å²) >= 11 is 0. The van der Waals surface area contributed by atoms with Gasteiger partial charge in [-0.15, -0.1) is 0 Å². The molecule has 0 aliphatic rings. The second kappa shape index (κ2) is 6.65. The van der Waals surface area contributed by atoms with Gasteiger partial charge in [0.05, 0.1) is 11.1 Å². The van der Waals surface area contributed by atoms with Crippen molar-refractivity contribution in [1.82, 2.24) is 15.1 Å². The molecule has 0 radical (unpaired) electrons. The number of carbonyl (C=O) groups excluding carboxylic acids is 1. The highest BCUT2D eigenvalue weighted by Gasteiger charge is 2.08. The maximum atomic E-state index is 11.8. The van der Waals surface area contributed by atoms with Crippen molar-refractivity contribution >= 4 is 11.6 Å². The van der Waals surface area contributed by atoms with Crippen LogP contribution in [0.3, 0.4) is 0 Å². The number of nitro benzene ring substituents is 1. The molecular formula is C14H16N4O3. The van der Waals surface area contributed by atoms with Crippen LogP contribution in [0, 0.1) is 17.0 Å². The lowest BCUT2D eigenvalue weighted by atomic mass is 10.2. The van der Waals surface area contributed by atoms with Gasteiger partial charge in [0.15, 0.2) is 0 Å². The molecule has 0 bridgehead atoms. The first-order valence-electron chi connectivity index (χ1n) is 6.58.